The molecule has 0 spiro atoms. The average Bonchev–Trinajstić information content (AvgIpc) is 2.92. The summed E-state index contributed by atoms with van der Waals surface area (Å²) in [5.74, 6) is 0.676. The predicted octanol–water partition coefficient (Wildman–Crippen LogP) is 4.01. The second-order valence-corrected chi connectivity index (χ2v) is 5.61. The summed E-state index contributed by atoms with van der Waals surface area (Å²) in [5.41, 5.74) is 2.78. The zero-order chi connectivity index (χ0) is 17.3. The fourth-order valence-corrected chi connectivity index (χ4v) is 2.75. The van der Waals surface area contributed by atoms with Crippen molar-refractivity contribution >= 4 is 34.3 Å². The topological polar surface area (TPSA) is 71.1 Å². The Kier molecular flexibility index (Phi) is 4.15. The van der Waals surface area contributed by atoms with Gasteiger partial charge in [0.15, 0.2) is 17.3 Å². The number of aryl methyl sites for hydroxylation is 1. The van der Waals surface area contributed by atoms with Gasteiger partial charge in [0.2, 0.25) is 0 Å². The Labute approximate surface area is 144 Å². The molecule has 0 aliphatic heterocycles. The number of rotatable bonds is 3. The van der Waals surface area contributed by atoms with E-state index in [1.807, 2.05) is 35.9 Å². The summed E-state index contributed by atoms with van der Waals surface area (Å²) in [6.45, 7) is 0. The van der Waals surface area contributed by atoms with Crippen molar-refractivity contribution in [1.29, 1.82) is 5.26 Å². The third-order valence-corrected chi connectivity index (χ3v) is 4.02. The van der Waals surface area contributed by atoms with Crippen LogP contribution in [-0.4, -0.2) is 21.8 Å². The van der Waals surface area contributed by atoms with E-state index in [1.54, 1.807) is 18.2 Å². The van der Waals surface area contributed by atoms with Crippen LogP contribution >= 0.6 is 11.6 Å². The predicted molar refractivity (Wildman–Crippen MR) is 93.9 cm³/mol. The molecule has 0 aliphatic carbocycles. The fourth-order valence-electron chi connectivity index (χ4n) is 2.53. The first-order chi connectivity index (χ1) is 11.5. The second-order valence-electron chi connectivity index (χ2n) is 5.21. The standard InChI is InChI=1S/C18H14ClN3O2/c1-22-15-6-4-3-5-14(15)21-18(22)12(10-20)7-11-8-13(19)17(23)16(9-11)24-2/h3-9,23H,1-2H3/b12-7-. The van der Waals surface area contributed by atoms with E-state index in [0.717, 1.165) is 11.0 Å². The highest BCUT2D eigenvalue weighted by molar-refractivity contribution is 6.32. The van der Waals surface area contributed by atoms with Gasteiger partial charge in [0.05, 0.1) is 28.7 Å². The quantitative estimate of drug-likeness (QED) is 0.732. The summed E-state index contributed by atoms with van der Waals surface area (Å²) in [7, 11) is 3.30. The Morgan fingerprint density at radius 1 is 1.38 bits per heavy atom. The fraction of sp³-hybridized carbons (Fsp3) is 0.111. The maximum absolute atomic E-state index is 9.81. The van der Waals surface area contributed by atoms with Crippen molar-refractivity contribution in [2.75, 3.05) is 7.11 Å². The second kappa shape index (κ2) is 6.26. The van der Waals surface area contributed by atoms with Crippen LogP contribution in [-0.2, 0) is 7.05 Å². The van der Waals surface area contributed by atoms with Crippen LogP contribution in [0.25, 0.3) is 22.7 Å². The third-order valence-electron chi connectivity index (χ3n) is 3.73. The number of ether oxygens (including phenoxy) is 1. The molecule has 0 amide bonds. The van der Waals surface area contributed by atoms with Crippen LogP contribution in [0.2, 0.25) is 5.02 Å². The molecule has 3 rings (SSSR count). The van der Waals surface area contributed by atoms with Crippen LogP contribution < -0.4 is 4.74 Å². The average molecular weight is 340 g/mol. The highest BCUT2D eigenvalue weighted by Gasteiger charge is 2.13. The van der Waals surface area contributed by atoms with Crippen molar-refractivity contribution in [2.45, 2.75) is 0 Å². The molecule has 24 heavy (non-hydrogen) atoms. The third kappa shape index (κ3) is 2.68. The molecule has 0 unspecified atom stereocenters. The first-order valence-electron chi connectivity index (χ1n) is 7.15. The van der Waals surface area contributed by atoms with Crippen molar-refractivity contribution in [1.82, 2.24) is 9.55 Å². The highest BCUT2D eigenvalue weighted by atomic mass is 35.5. The first-order valence-corrected chi connectivity index (χ1v) is 7.53. The van der Waals surface area contributed by atoms with E-state index < -0.39 is 0 Å². The Morgan fingerprint density at radius 2 is 2.12 bits per heavy atom. The maximum atomic E-state index is 9.81. The zero-order valence-electron chi connectivity index (χ0n) is 13.1. The Hall–Kier alpha value is -2.97. The molecule has 120 valence electrons. The summed E-state index contributed by atoms with van der Waals surface area (Å²) >= 11 is 6.00. The van der Waals surface area contributed by atoms with Crippen molar-refractivity contribution in [3.05, 3.63) is 52.8 Å². The molecule has 2 aromatic carbocycles. The number of allylic oxidation sites excluding steroid dienone is 1. The summed E-state index contributed by atoms with van der Waals surface area (Å²) in [6, 6.07) is 13.0. The molecule has 5 nitrogen and oxygen atoms in total. The number of para-hydroxylation sites is 2. The molecule has 0 aliphatic rings. The van der Waals surface area contributed by atoms with Gasteiger partial charge >= 0.3 is 0 Å². The number of benzene rings is 2. The zero-order valence-corrected chi connectivity index (χ0v) is 13.9. The Morgan fingerprint density at radius 3 is 2.79 bits per heavy atom. The van der Waals surface area contributed by atoms with Crippen LogP contribution in [0.1, 0.15) is 11.4 Å². The minimum atomic E-state index is -0.127. The minimum absolute atomic E-state index is 0.127. The maximum Gasteiger partial charge on any atom is 0.176 e. The van der Waals surface area contributed by atoms with E-state index in [4.69, 9.17) is 16.3 Å². The molecule has 1 N–H and O–H groups in total. The normalized spacial score (nSPS) is 11.5. The van der Waals surface area contributed by atoms with E-state index in [2.05, 4.69) is 11.1 Å². The van der Waals surface area contributed by atoms with E-state index in [1.165, 1.54) is 7.11 Å². The van der Waals surface area contributed by atoms with E-state index >= 15 is 0 Å². The lowest BCUT2D eigenvalue weighted by Gasteiger charge is -2.07. The van der Waals surface area contributed by atoms with Gasteiger partial charge in [-0.25, -0.2) is 4.98 Å². The van der Waals surface area contributed by atoms with Gasteiger partial charge in [-0.2, -0.15) is 5.26 Å². The molecule has 1 aromatic heterocycles. The molecule has 0 bridgehead atoms. The van der Waals surface area contributed by atoms with Crippen LogP contribution in [0.5, 0.6) is 11.5 Å². The van der Waals surface area contributed by atoms with Crippen LogP contribution in [0.3, 0.4) is 0 Å². The Bertz CT molecular complexity index is 999. The molecule has 0 fully saturated rings. The number of aromatic nitrogens is 2. The Balaban J connectivity index is 2.15. The van der Waals surface area contributed by atoms with Gasteiger partial charge in [-0.1, -0.05) is 23.7 Å². The number of hydrogen-bond donors (Lipinski definition) is 1. The van der Waals surface area contributed by atoms with Gasteiger partial charge in [0, 0.05) is 7.05 Å². The number of aromatic hydroxyl groups is 1. The molecule has 0 saturated carbocycles. The number of nitrogens with zero attached hydrogens (tertiary/aromatic N) is 3. The number of fused-ring (bicyclic) bond motifs is 1. The summed E-state index contributed by atoms with van der Waals surface area (Å²) in [4.78, 5) is 4.52. The highest BCUT2D eigenvalue weighted by Crippen LogP contribution is 2.36. The van der Waals surface area contributed by atoms with Gasteiger partial charge < -0.3 is 14.4 Å². The molecule has 1 heterocycles. The van der Waals surface area contributed by atoms with Gasteiger partial charge in [-0.05, 0) is 35.9 Å². The number of imidazole rings is 1. The van der Waals surface area contributed by atoms with Gasteiger partial charge in [0.1, 0.15) is 6.07 Å². The van der Waals surface area contributed by atoms with Gasteiger partial charge in [-0.3, -0.25) is 0 Å². The molecule has 0 radical (unpaired) electrons. The number of methoxy groups -OCH3 is 1. The van der Waals surface area contributed by atoms with Crippen LogP contribution in [0, 0.1) is 11.3 Å². The smallest absolute Gasteiger partial charge is 0.176 e. The number of halogens is 1. The summed E-state index contributed by atoms with van der Waals surface area (Å²) < 4.78 is 6.96. The summed E-state index contributed by atoms with van der Waals surface area (Å²) in [5, 5.41) is 19.5. The minimum Gasteiger partial charge on any atom is -0.503 e. The summed E-state index contributed by atoms with van der Waals surface area (Å²) in [6.07, 6.45) is 1.66. The van der Waals surface area contributed by atoms with Crippen LogP contribution in [0.15, 0.2) is 36.4 Å². The number of hydrogen-bond acceptors (Lipinski definition) is 4. The SMILES string of the molecule is COc1cc(/C=C(/C#N)c2nc3ccccc3n2C)cc(Cl)c1O. The van der Waals surface area contributed by atoms with Gasteiger partial charge in [-0.15, -0.1) is 0 Å². The molecule has 3 aromatic rings. The van der Waals surface area contributed by atoms with E-state index in [9.17, 15) is 10.4 Å². The first kappa shape index (κ1) is 15.9. The molecule has 0 saturated heterocycles. The molecule has 0 atom stereocenters. The lowest BCUT2D eigenvalue weighted by molar-refractivity contribution is 0.373. The number of phenols is 1. The molecular formula is C18H14ClN3O2. The van der Waals surface area contributed by atoms with E-state index in [0.29, 0.717) is 17.0 Å². The number of phenolic OH excluding ortho intramolecular Hbond substituents is 1. The van der Waals surface area contributed by atoms with Crippen LogP contribution in [0.4, 0.5) is 0 Å². The van der Waals surface area contributed by atoms with Crippen molar-refractivity contribution in [3.63, 3.8) is 0 Å². The van der Waals surface area contributed by atoms with Crippen molar-refractivity contribution in [3.8, 4) is 17.6 Å². The monoisotopic (exact) mass is 339 g/mol. The lowest BCUT2D eigenvalue weighted by atomic mass is 10.1. The largest absolute Gasteiger partial charge is 0.503 e. The van der Waals surface area contributed by atoms with Gasteiger partial charge in [0.25, 0.3) is 0 Å². The molecular weight excluding hydrogens is 326 g/mol. The van der Waals surface area contributed by atoms with Crippen molar-refractivity contribution in [2.24, 2.45) is 7.05 Å². The lowest BCUT2D eigenvalue weighted by Crippen LogP contribution is -1.96. The van der Waals surface area contributed by atoms with Crippen molar-refractivity contribution < 1.29 is 9.84 Å². The number of nitriles is 1. The van der Waals surface area contributed by atoms with E-state index in [-0.39, 0.29) is 16.5 Å². The molecule has 6 heteroatoms.